The van der Waals surface area contributed by atoms with Crippen molar-refractivity contribution in [1.82, 2.24) is 5.48 Å². The van der Waals surface area contributed by atoms with Crippen LogP contribution in [0.15, 0.2) is 0 Å². The molecule has 0 amide bonds. The topological polar surface area (TPSA) is 119 Å². The summed E-state index contributed by atoms with van der Waals surface area (Å²) in [5.41, 5.74) is 2.06. The van der Waals surface area contributed by atoms with Crippen LogP contribution in [0, 0.1) is 0 Å². The number of carboxylic acid groups (broad SMARTS) is 1. The largest absolute Gasteiger partial charge is 0.480 e. The van der Waals surface area contributed by atoms with Crippen molar-refractivity contribution in [3.63, 3.8) is 0 Å². The van der Waals surface area contributed by atoms with Gasteiger partial charge in [0.15, 0.2) is 6.04 Å². The van der Waals surface area contributed by atoms with Crippen LogP contribution in [0.3, 0.4) is 0 Å². The Bertz CT molecular complexity index is 174. The van der Waals surface area contributed by atoms with Crippen LogP contribution in [0.25, 0.3) is 0 Å². The Kier molecular flexibility index (Phi) is 6.34. The van der Waals surface area contributed by atoms with Crippen LogP contribution >= 0.6 is 0 Å². The van der Waals surface area contributed by atoms with E-state index in [4.69, 9.17) is 20.4 Å². The Morgan fingerprint density at radius 2 is 2.07 bits per heavy atom. The van der Waals surface area contributed by atoms with Crippen molar-refractivity contribution in [2.75, 3.05) is 13.2 Å². The van der Waals surface area contributed by atoms with Crippen LogP contribution in [0.5, 0.6) is 0 Å². The lowest BCUT2D eigenvalue weighted by Gasteiger charge is -2.17. The SMILES string of the molecule is C[C@@H](O)[C@H](NOCC(O)CO)C(=O)O. The molecule has 84 valence electrons. The zero-order valence-corrected chi connectivity index (χ0v) is 7.75. The normalized spacial score (nSPS) is 17.4. The molecule has 0 aliphatic rings. The summed E-state index contributed by atoms with van der Waals surface area (Å²) in [6.07, 6.45) is -2.20. The van der Waals surface area contributed by atoms with Crippen molar-refractivity contribution in [2.45, 2.75) is 25.2 Å². The molecule has 0 radical (unpaired) electrons. The van der Waals surface area contributed by atoms with E-state index in [9.17, 15) is 4.79 Å². The molecule has 0 rings (SSSR count). The minimum absolute atomic E-state index is 0.257. The average Bonchev–Trinajstić information content (AvgIpc) is 2.10. The first-order valence-corrected chi connectivity index (χ1v) is 4.06. The van der Waals surface area contributed by atoms with Crippen LogP contribution < -0.4 is 5.48 Å². The Morgan fingerprint density at radius 3 is 2.43 bits per heavy atom. The zero-order chi connectivity index (χ0) is 11.1. The quantitative estimate of drug-likeness (QED) is 0.299. The minimum Gasteiger partial charge on any atom is -0.480 e. The predicted octanol–water partition coefficient (Wildman–Crippen LogP) is -2.31. The van der Waals surface area contributed by atoms with Crippen molar-refractivity contribution in [3.05, 3.63) is 0 Å². The third-order valence-corrected chi connectivity index (χ3v) is 1.45. The molecule has 5 N–H and O–H groups in total. The van der Waals surface area contributed by atoms with Crippen LogP contribution in [0.1, 0.15) is 6.92 Å². The summed E-state index contributed by atoms with van der Waals surface area (Å²) in [7, 11) is 0. The Morgan fingerprint density at radius 1 is 1.50 bits per heavy atom. The van der Waals surface area contributed by atoms with Gasteiger partial charge in [-0.2, -0.15) is 5.48 Å². The van der Waals surface area contributed by atoms with E-state index in [2.05, 4.69) is 10.3 Å². The molecule has 0 bridgehead atoms. The summed E-state index contributed by atoms with van der Waals surface area (Å²) in [5.74, 6) is -1.27. The fourth-order valence-corrected chi connectivity index (χ4v) is 0.642. The monoisotopic (exact) mass is 209 g/mol. The molecule has 3 atom stereocenters. The number of aliphatic hydroxyl groups excluding tert-OH is 3. The van der Waals surface area contributed by atoms with Gasteiger partial charge in [0.1, 0.15) is 6.10 Å². The molecule has 0 heterocycles. The van der Waals surface area contributed by atoms with Gasteiger partial charge in [-0.25, -0.2) is 0 Å². The molecule has 0 aliphatic heterocycles. The van der Waals surface area contributed by atoms with Gasteiger partial charge in [0.25, 0.3) is 0 Å². The van der Waals surface area contributed by atoms with Crippen LogP contribution in [-0.2, 0) is 9.63 Å². The maximum absolute atomic E-state index is 10.5. The molecular formula is C7H15NO6. The van der Waals surface area contributed by atoms with E-state index in [1.165, 1.54) is 6.92 Å². The highest BCUT2D eigenvalue weighted by molar-refractivity contribution is 5.73. The lowest BCUT2D eigenvalue weighted by molar-refractivity contribution is -0.150. The van der Waals surface area contributed by atoms with Crippen LogP contribution in [0.2, 0.25) is 0 Å². The maximum atomic E-state index is 10.5. The van der Waals surface area contributed by atoms with Gasteiger partial charge >= 0.3 is 5.97 Å². The number of hydrogen-bond acceptors (Lipinski definition) is 6. The molecule has 0 saturated heterocycles. The van der Waals surface area contributed by atoms with Crippen molar-refractivity contribution >= 4 is 5.97 Å². The Hall–Kier alpha value is -0.730. The smallest absolute Gasteiger partial charge is 0.325 e. The highest BCUT2D eigenvalue weighted by atomic mass is 16.7. The highest BCUT2D eigenvalue weighted by Gasteiger charge is 2.23. The summed E-state index contributed by atoms with van der Waals surface area (Å²) in [6.45, 7) is 0.554. The molecular weight excluding hydrogens is 194 g/mol. The molecule has 0 aromatic carbocycles. The van der Waals surface area contributed by atoms with E-state index in [0.717, 1.165) is 0 Å². The lowest BCUT2D eigenvalue weighted by atomic mass is 10.2. The maximum Gasteiger partial charge on any atom is 0.325 e. The number of hydroxylamine groups is 1. The van der Waals surface area contributed by atoms with E-state index in [1.807, 2.05) is 0 Å². The molecule has 0 spiro atoms. The number of nitrogens with one attached hydrogen (secondary N) is 1. The lowest BCUT2D eigenvalue weighted by Crippen LogP contribution is -2.45. The molecule has 14 heavy (non-hydrogen) atoms. The van der Waals surface area contributed by atoms with Gasteiger partial charge in [0.05, 0.1) is 19.3 Å². The second-order valence-electron chi connectivity index (χ2n) is 2.82. The number of aliphatic hydroxyl groups is 3. The van der Waals surface area contributed by atoms with Gasteiger partial charge in [-0.3, -0.25) is 9.63 Å². The molecule has 7 nitrogen and oxygen atoms in total. The zero-order valence-electron chi connectivity index (χ0n) is 7.75. The highest BCUT2D eigenvalue weighted by Crippen LogP contribution is 1.93. The van der Waals surface area contributed by atoms with E-state index >= 15 is 0 Å². The first-order valence-electron chi connectivity index (χ1n) is 4.06. The number of hydrogen-bond donors (Lipinski definition) is 5. The second kappa shape index (κ2) is 6.68. The van der Waals surface area contributed by atoms with Gasteiger partial charge in [-0.15, -0.1) is 0 Å². The van der Waals surface area contributed by atoms with Crippen LogP contribution in [-0.4, -0.2) is 57.9 Å². The summed E-state index contributed by atoms with van der Waals surface area (Å²) < 4.78 is 0. The van der Waals surface area contributed by atoms with Gasteiger partial charge in [0.2, 0.25) is 0 Å². The fraction of sp³-hybridized carbons (Fsp3) is 0.857. The summed E-state index contributed by atoms with van der Waals surface area (Å²) in [5, 5.41) is 34.7. The summed E-state index contributed by atoms with van der Waals surface area (Å²) in [4.78, 5) is 15.0. The van der Waals surface area contributed by atoms with Crippen LogP contribution in [0.4, 0.5) is 0 Å². The predicted molar refractivity (Wildman–Crippen MR) is 45.3 cm³/mol. The van der Waals surface area contributed by atoms with E-state index in [1.54, 1.807) is 0 Å². The van der Waals surface area contributed by atoms with E-state index in [-0.39, 0.29) is 6.61 Å². The van der Waals surface area contributed by atoms with Gasteiger partial charge in [-0.1, -0.05) is 0 Å². The molecule has 0 aromatic rings. The average molecular weight is 209 g/mol. The second-order valence-corrected chi connectivity index (χ2v) is 2.82. The molecule has 0 aliphatic carbocycles. The first kappa shape index (κ1) is 13.3. The van der Waals surface area contributed by atoms with Crippen molar-refractivity contribution < 1.29 is 30.1 Å². The first-order chi connectivity index (χ1) is 6.49. The molecule has 0 aromatic heterocycles. The van der Waals surface area contributed by atoms with Gasteiger partial charge in [-0.05, 0) is 6.92 Å². The number of carbonyl (C=O) groups is 1. The molecule has 1 unspecified atom stereocenters. The minimum atomic E-state index is -1.27. The molecule has 0 fully saturated rings. The van der Waals surface area contributed by atoms with E-state index < -0.39 is 30.8 Å². The molecule has 0 saturated carbocycles. The van der Waals surface area contributed by atoms with E-state index in [0.29, 0.717) is 0 Å². The van der Waals surface area contributed by atoms with Gasteiger partial charge in [0, 0.05) is 0 Å². The summed E-state index contributed by atoms with van der Waals surface area (Å²) in [6, 6.07) is -1.26. The Balaban J connectivity index is 3.78. The number of aliphatic carboxylic acids is 1. The number of rotatable bonds is 7. The fourth-order valence-electron chi connectivity index (χ4n) is 0.642. The standard InChI is InChI=1S/C7H15NO6/c1-4(10)6(7(12)13)8-14-3-5(11)2-9/h4-6,8-11H,2-3H2,1H3,(H,12,13)/t4-,5?,6+/m1/s1. The van der Waals surface area contributed by atoms with Crippen molar-refractivity contribution in [1.29, 1.82) is 0 Å². The third kappa shape index (κ3) is 5.10. The van der Waals surface area contributed by atoms with Gasteiger partial charge < -0.3 is 20.4 Å². The number of carboxylic acids is 1. The van der Waals surface area contributed by atoms with Crippen molar-refractivity contribution in [2.24, 2.45) is 0 Å². The van der Waals surface area contributed by atoms with Crippen molar-refractivity contribution in [3.8, 4) is 0 Å². The molecule has 7 heteroatoms. The summed E-state index contributed by atoms with van der Waals surface area (Å²) >= 11 is 0. The Labute approximate surface area is 80.9 Å². The third-order valence-electron chi connectivity index (χ3n) is 1.45.